The van der Waals surface area contributed by atoms with Crippen molar-refractivity contribution in [2.45, 2.75) is 26.1 Å². The van der Waals surface area contributed by atoms with Gasteiger partial charge in [-0.25, -0.2) is 4.79 Å². The number of β-amino-alcohol motifs (C(OH)–C–C–N with tert-alkyl or cyclic N) is 1. The summed E-state index contributed by atoms with van der Waals surface area (Å²) in [6.07, 6.45) is -0.674. The van der Waals surface area contributed by atoms with Crippen LogP contribution in [0.4, 0.5) is 11.6 Å². The molecule has 0 amide bonds. The van der Waals surface area contributed by atoms with Crippen LogP contribution in [0.15, 0.2) is 64.2 Å². The number of para-hydroxylation sites is 1. The highest BCUT2D eigenvalue weighted by atomic mass is 16.3. The monoisotopic (exact) mass is 417 g/mol. The molecule has 31 heavy (non-hydrogen) atoms. The zero-order chi connectivity index (χ0) is 21.7. The van der Waals surface area contributed by atoms with E-state index >= 15 is 0 Å². The summed E-state index contributed by atoms with van der Waals surface area (Å²) in [5.74, 6) is 0.548. The maximum atomic E-state index is 13.4. The van der Waals surface area contributed by atoms with Gasteiger partial charge >= 0.3 is 5.69 Å². The lowest BCUT2D eigenvalue weighted by Crippen LogP contribution is -2.41. The topological polar surface area (TPSA) is 85.3 Å². The summed E-state index contributed by atoms with van der Waals surface area (Å²) in [7, 11) is 1.62. The summed E-state index contributed by atoms with van der Waals surface area (Å²) >= 11 is 0. The Morgan fingerprint density at radius 3 is 2.45 bits per heavy atom. The highest BCUT2D eigenvalue weighted by molar-refractivity contribution is 5.77. The Kier molecular flexibility index (Phi) is 4.51. The van der Waals surface area contributed by atoms with E-state index in [1.165, 1.54) is 9.13 Å². The SMILES string of the molecule is Cc1ccc(Cn2c(=O)c3c(nc4n3CC(O)CN4c3ccccc3)n(C)c2=O)cc1. The van der Waals surface area contributed by atoms with Crippen molar-refractivity contribution < 1.29 is 5.11 Å². The molecule has 0 bridgehead atoms. The van der Waals surface area contributed by atoms with Gasteiger partial charge in [0, 0.05) is 12.7 Å². The molecule has 158 valence electrons. The number of hydrogen-bond donors (Lipinski definition) is 1. The van der Waals surface area contributed by atoms with Crippen molar-refractivity contribution in [3.63, 3.8) is 0 Å². The van der Waals surface area contributed by atoms with Gasteiger partial charge in [0.1, 0.15) is 0 Å². The van der Waals surface area contributed by atoms with Crippen molar-refractivity contribution in [1.82, 2.24) is 18.7 Å². The van der Waals surface area contributed by atoms with Gasteiger partial charge in [-0.05, 0) is 24.6 Å². The van der Waals surface area contributed by atoms with Gasteiger partial charge in [0.05, 0.1) is 25.7 Å². The van der Waals surface area contributed by atoms with E-state index in [1.807, 2.05) is 66.4 Å². The number of benzene rings is 2. The fourth-order valence-electron chi connectivity index (χ4n) is 4.14. The average Bonchev–Trinajstić information content (AvgIpc) is 3.16. The summed E-state index contributed by atoms with van der Waals surface area (Å²) in [6.45, 7) is 2.77. The Hall–Kier alpha value is -3.65. The van der Waals surface area contributed by atoms with E-state index < -0.39 is 17.4 Å². The molecule has 1 atom stereocenters. The van der Waals surface area contributed by atoms with Crippen LogP contribution >= 0.6 is 0 Å². The van der Waals surface area contributed by atoms with Crippen molar-refractivity contribution in [2.24, 2.45) is 7.05 Å². The molecule has 1 N–H and O–H groups in total. The van der Waals surface area contributed by atoms with Crippen LogP contribution < -0.4 is 16.1 Å². The van der Waals surface area contributed by atoms with Crippen LogP contribution in [0.25, 0.3) is 11.2 Å². The first-order valence-corrected chi connectivity index (χ1v) is 10.2. The molecule has 0 saturated heterocycles. The van der Waals surface area contributed by atoms with Crippen molar-refractivity contribution in [3.05, 3.63) is 86.6 Å². The third-order valence-electron chi connectivity index (χ3n) is 5.77. The Balaban J connectivity index is 1.72. The summed E-state index contributed by atoms with van der Waals surface area (Å²) < 4.78 is 4.37. The van der Waals surface area contributed by atoms with Crippen LogP contribution in [0.1, 0.15) is 11.1 Å². The van der Waals surface area contributed by atoms with Gasteiger partial charge in [-0.2, -0.15) is 4.98 Å². The van der Waals surface area contributed by atoms with Gasteiger partial charge in [-0.3, -0.25) is 13.9 Å². The molecule has 2 aromatic heterocycles. The van der Waals surface area contributed by atoms with E-state index in [9.17, 15) is 14.7 Å². The molecule has 2 aromatic carbocycles. The second-order valence-electron chi connectivity index (χ2n) is 8.01. The lowest BCUT2D eigenvalue weighted by Gasteiger charge is -2.32. The molecule has 8 heteroatoms. The Labute approximate surface area is 178 Å². The molecule has 1 aliphatic heterocycles. The molecular weight excluding hydrogens is 394 g/mol. The highest BCUT2D eigenvalue weighted by Gasteiger charge is 2.30. The number of aryl methyl sites for hydroxylation is 2. The van der Waals surface area contributed by atoms with Gasteiger partial charge in [-0.1, -0.05) is 48.0 Å². The van der Waals surface area contributed by atoms with E-state index in [2.05, 4.69) is 4.98 Å². The molecule has 5 rings (SSSR count). The smallest absolute Gasteiger partial charge is 0.332 e. The first kappa shape index (κ1) is 19.3. The molecular formula is C23H23N5O3. The normalized spacial score (nSPS) is 16.0. The Morgan fingerprint density at radius 2 is 1.74 bits per heavy atom. The molecule has 1 unspecified atom stereocenters. The van der Waals surface area contributed by atoms with E-state index in [1.54, 1.807) is 11.6 Å². The first-order valence-electron chi connectivity index (χ1n) is 10.2. The Morgan fingerprint density at radius 1 is 1.03 bits per heavy atom. The molecule has 0 fully saturated rings. The third-order valence-corrected chi connectivity index (χ3v) is 5.77. The number of aliphatic hydroxyl groups is 1. The maximum Gasteiger partial charge on any atom is 0.332 e. The quantitative estimate of drug-likeness (QED) is 0.549. The standard InChI is InChI=1S/C23H23N5O3/c1-15-8-10-16(11-9-15)12-28-21(30)19-20(25(2)23(28)31)24-22-26(13-18(29)14-27(19)22)17-6-4-3-5-7-17/h3-11,18,29H,12-14H2,1-2H3. The van der Waals surface area contributed by atoms with Crippen molar-refractivity contribution in [3.8, 4) is 0 Å². The highest BCUT2D eigenvalue weighted by Crippen LogP contribution is 2.30. The van der Waals surface area contributed by atoms with Gasteiger partial charge in [0.15, 0.2) is 11.2 Å². The van der Waals surface area contributed by atoms with Gasteiger partial charge < -0.3 is 14.6 Å². The van der Waals surface area contributed by atoms with E-state index in [-0.39, 0.29) is 13.1 Å². The number of rotatable bonds is 3. The maximum absolute atomic E-state index is 13.4. The van der Waals surface area contributed by atoms with Crippen LogP contribution in [0, 0.1) is 6.92 Å². The minimum absolute atomic E-state index is 0.174. The predicted molar refractivity (Wildman–Crippen MR) is 119 cm³/mol. The minimum Gasteiger partial charge on any atom is -0.389 e. The number of imidazole rings is 1. The number of hydrogen-bond acceptors (Lipinski definition) is 5. The fraction of sp³-hybridized carbons (Fsp3) is 0.261. The lowest BCUT2D eigenvalue weighted by molar-refractivity contribution is 0.154. The molecule has 0 radical (unpaired) electrons. The van der Waals surface area contributed by atoms with Gasteiger partial charge in [-0.15, -0.1) is 0 Å². The largest absolute Gasteiger partial charge is 0.389 e. The lowest BCUT2D eigenvalue weighted by atomic mass is 10.1. The van der Waals surface area contributed by atoms with Crippen LogP contribution in [0.5, 0.6) is 0 Å². The third kappa shape index (κ3) is 3.16. The number of anilines is 2. The molecule has 3 heterocycles. The van der Waals surface area contributed by atoms with Gasteiger partial charge in [0.25, 0.3) is 5.56 Å². The predicted octanol–water partition coefficient (Wildman–Crippen LogP) is 1.77. The first-order chi connectivity index (χ1) is 14.9. The molecule has 0 spiro atoms. The van der Waals surface area contributed by atoms with Crippen molar-refractivity contribution in [1.29, 1.82) is 0 Å². The molecule has 0 aliphatic carbocycles. The number of nitrogens with zero attached hydrogens (tertiary/aromatic N) is 5. The second kappa shape index (κ2) is 7.24. The fourth-order valence-corrected chi connectivity index (χ4v) is 4.14. The Bertz CT molecular complexity index is 1380. The van der Waals surface area contributed by atoms with Gasteiger partial charge in [0.2, 0.25) is 5.95 Å². The van der Waals surface area contributed by atoms with Crippen molar-refractivity contribution in [2.75, 3.05) is 11.4 Å². The van der Waals surface area contributed by atoms with Crippen LogP contribution in [-0.4, -0.2) is 36.4 Å². The number of aliphatic hydroxyl groups excluding tert-OH is 1. The van der Waals surface area contributed by atoms with E-state index in [0.717, 1.165) is 16.8 Å². The van der Waals surface area contributed by atoms with E-state index in [0.29, 0.717) is 23.7 Å². The van der Waals surface area contributed by atoms with Crippen LogP contribution in [0.2, 0.25) is 0 Å². The zero-order valence-electron chi connectivity index (χ0n) is 17.4. The van der Waals surface area contributed by atoms with Crippen LogP contribution in [-0.2, 0) is 20.1 Å². The average molecular weight is 417 g/mol. The molecule has 0 saturated carbocycles. The summed E-state index contributed by atoms with van der Waals surface area (Å²) in [4.78, 5) is 33.0. The molecule has 4 aromatic rings. The van der Waals surface area contributed by atoms with Crippen molar-refractivity contribution >= 4 is 22.8 Å². The van der Waals surface area contributed by atoms with Crippen LogP contribution in [0.3, 0.4) is 0 Å². The second-order valence-corrected chi connectivity index (χ2v) is 8.01. The summed E-state index contributed by atoms with van der Waals surface area (Å²) in [5.41, 5.74) is 2.67. The number of aromatic nitrogens is 4. The summed E-state index contributed by atoms with van der Waals surface area (Å²) in [5, 5.41) is 10.5. The molecule has 8 nitrogen and oxygen atoms in total. The summed E-state index contributed by atoms with van der Waals surface area (Å²) in [6, 6.07) is 17.3. The number of fused-ring (bicyclic) bond motifs is 3. The zero-order valence-corrected chi connectivity index (χ0v) is 17.4. The van der Waals surface area contributed by atoms with E-state index in [4.69, 9.17) is 0 Å². The molecule has 1 aliphatic rings. The minimum atomic E-state index is -0.674.